The van der Waals surface area contributed by atoms with E-state index >= 15 is 0 Å². The van der Waals surface area contributed by atoms with Crippen molar-refractivity contribution in [3.05, 3.63) is 88.4 Å². The van der Waals surface area contributed by atoms with Crippen molar-refractivity contribution in [2.45, 2.75) is 25.1 Å². The molecule has 0 bridgehead atoms. The molecule has 4 aromatic rings. The average Bonchev–Trinajstić information content (AvgIpc) is 3.52. The first-order chi connectivity index (χ1) is 19.4. The van der Waals surface area contributed by atoms with E-state index in [1.807, 2.05) is 0 Å². The summed E-state index contributed by atoms with van der Waals surface area (Å²) in [5.74, 6) is -3.56. The maximum absolute atomic E-state index is 14.0. The van der Waals surface area contributed by atoms with E-state index in [-0.39, 0.29) is 28.9 Å². The van der Waals surface area contributed by atoms with Gasteiger partial charge in [-0.25, -0.2) is 13.8 Å². The van der Waals surface area contributed by atoms with Crippen LogP contribution in [-0.4, -0.2) is 40.7 Å². The van der Waals surface area contributed by atoms with Crippen molar-refractivity contribution in [3.63, 3.8) is 0 Å². The van der Waals surface area contributed by atoms with Crippen LogP contribution >= 0.6 is 11.3 Å². The van der Waals surface area contributed by atoms with Crippen LogP contribution in [0.2, 0.25) is 0 Å². The third-order valence-corrected chi connectivity index (χ3v) is 7.75. The number of amides is 2. The van der Waals surface area contributed by atoms with Gasteiger partial charge in [-0.2, -0.15) is 13.2 Å². The van der Waals surface area contributed by atoms with Gasteiger partial charge >= 0.3 is 6.18 Å². The van der Waals surface area contributed by atoms with Gasteiger partial charge in [-0.3, -0.25) is 9.59 Å². The van der Waals surface area contributed by atoms with Crippen LogP contribution in [0.5, 0.6) is 0 Å². The molecular weight excluding hydrogens is 563 g/mol. The van der Waals surface area contributed by atoms with Crippen LogP contribution < -0.4 is 11.1 Å². The fourth-order valence-electron chi connectivity index (χ4n) is 4.49. The summed E-state index contributed by atoms with van der Waals surface area (Å²) in [4.78, 5) is 30.4. The molecule has 0 saturated carbocycles. The zero-order valence-corrected chi connectivity index (χ0v) is 22.2. The molecule has 0 atom stereocenters. The van der Waals surface area contributed by atoms with Crippen molar-refractivity contribution in [2.24, 2.45) is 0 Å². The molecule has 1 fully saturated rings. The minimum atomic E-state index is -4.63. The second-order valence-corrected chi connectivity index (χ2v) is 10.8. The normalized spacial score (nSPS) is 15.1. The monoisotopic (exact) mass is 586 g/mol. The van der Waals surface area contributed by atoms with E-state index < -0.39 is 42.4 Å². The maximum atomic E-state index is 14.0. The standard InChI is InChI=1S/C29H23F5N4O2S/c30-28(31)9-10-38(16-28)27(40)19-5-3-18(4-6-19)20-11-21-12-22(41-26(21)23(13-20)29(32,33)34)15-37-25(39)8-2-17-1-7-24(35)36-14-17/h1-8,11-14H,9-10,15-16H2,(H2,35,36)(H,37,39)/b8-2+. The predicted molar refractivity (Wildman–Crippen MR) is 147 cm³/mol. The average molecular weight is 587 g/mol. The van der Waals surface area contributed by atoms with E-state index in [0.29, 0.717) is 27.2 Å². The molecule has 2 aromatic heterocycles. The number of nitrogens with zero attached hydrogens (tertiary/aromatic N) is 2. The number of nitrogen functional groups attached to an aromatic ring is 1. The molecule has 1 saturated heterocycles. The van der Waals surface area contributed by atoms with Gasteiger partial charge in [0.2, 0.25) is 5.91 Å². The number of nitrogens with one attached hydrogen (secondary N) is 1. The molecule has 1 aliphatic heterocycles. The van der Waals surface area contributed by atoms with Crippen molar-refractivity contribution >= 4 is 45.1 Å². The number of alkyl halides is 5. The van der Waals surface area contributed by atoms with Gasteiger partial charge in [-0.05, 0) is 70.6 Å². The smallest absolute Gasteiger partial charge is 0.384 e. The number of halogens is 5. The topological polar surface area (TPSA) is 88.3 Å². The lowest BCUT2D eigenvalue weighted by Crippen LogP contribution is -2.31. The summed E-state index contributed by atoms with van der Waals surface area (Å²) in [5, 5.41) is 3.02. The molecule has 3 heterocycles. The second-order valence-electron chi connectivity index (χ2n) is 9.63. The Morgan fingerprint density at radius 3 is 2.46 bits per heavy atom. The molecule has 2 amide bonds. The summed E-state index contributed by atoms with van der Waals surface area (Å²) in [6.45, 7) is -0.686. The highest BCUT2D eigenvalue weighted by Gasteiger charge is 2.40. The van der Waals surface area contributed by atoms with Crippen molar-refractivity contribution in [1.82, 2.24) is 15.2 Å². The molecule has 2 aromatic carbocycles. The van der Waals surface area contributed by atoms with E-state index in [9.17, 15) is 31.5 Å². The fraction of sp³-hybridized carbons (Fsp3) is 0.207. The third-order valence-electron chi connectivity index (χ3n) is 6.57. The molecule has 5 rings (SSSR count). The lowest BCUT2D eigenvalue weighted by molar-refractivity contribution is -0.136. The van der Waals surface area contributed by atoms with E-state index in [2.05, 4.69) is 10.3 Å². The molecule has 41 heavy (non-hydrogen) atoms. The SMILES string of the molecule is Nc1ccc(/C=C/C(=O)NCc2cc3cc(-c4ccc(C(=O)N5CCC(F)(F)C5)cc4)cc(C(F)(F)F)c3s2)cn1. The van der Waals surface area contributed by atoms with Crippen molar-refractivity contribution < 1.29 is 31.5 Å². The molecule has 0 aliphatic carbocycles. The highest BCUT2D eigenvalue weighted by Crippen LogP contribution is 2.41. The predicted octanol–water partition coefficient (Wildman–Crippen LogP) is 6.38. The zero-order chi connectivity index (χ0) is 29.4. The lowest BCUT2D eigenvalue weighted by Gasteiger charge is -2.16. The summed E-state index contributed by atoms with van der Waals surface area (Å²) in [5.41, 5.74) is 6.27. The number of carbonyl (C=O) groups is 2. The summed E-state index contributed by atoms with van der Waals surface area (Å²) in [7, 11) is 0. The summed E-state index contributed by atoms with van der Waals surface area (Å²) in [6.07, 6.45) is -0.696. The Balaban J connectivity index is 1.34. The molecule has 6 nitrogen and oxygen atoms in total. The van der Waals surface area contributed by atoms with Gasteiger partial charge in [0.25, 0.3) is 11.8 Å². The zero-order valence-electron chi connectivity index (χ0n) is 21.3. The second kappa shape index (κ2) is 10.9. The molecule has 0 unspecified atom stereocenters. The quantitative estimate of drug-likeness (QED) is 0.203. The number of fused-ring (bicyclic) bond motifs is 1. The van der Waals surface area contributed by atoms with Gasteiger partial charge in [-0.15, -0.1) is 11.3 Å². The lowest BCUT2D eigenvalue weighted by atomic mass is 9.99. The van der Waals surface area contributed by atoms with Crippen LogP contribution in [0.4, 0.5) is 27.8 Å². The molecule has 0 radical (unpaired) electrons. The Morgan fingerprint density at radius 1 is 1.07 bits per heavy atom. The van der Waals surface area contributed by atoms with Gasteiger partial charge in [0, 0.05) is 40.4 Å². The molecule has 212 valence electrons. The number of hydrogen-bond donors (Lipinski definition) is 2. The van der Waals surface area contributed by atoms with Gasteiger partial charge in [-0.1, -0.05) is 12.1 Å². The number of carbonyl (C=O) groups excluding carboxylic acids is 2. The Hall–Kier alpha value is -4.32. The van der Waals surface area contributed by atoms with Gasteiger partial charge in [0.15, 0.2) is 0 Å². The number of pyridine rings is 1. The first-order valence-electron chi connectivity index (χ1n) is 12.5. The number of likely N-dealkylation sites (tertiary alicyclic amines) is 1. The van der Waals surface area contributed by atoms with Crippen LogP contribution in [0.25, 0.3) is 27.3 Å². The Morgan fingerprint density at radius 2 is 1.83 bits per heavy atom. The highest BCUT2D eigenvalue weighted by atomic mass is 32.1. The van der Waals surface area contributed by atoms with Crippen molar-refractivity contribution in [3.8, 4) is 11.1 Å². The molecule has 3 N–H and O–H groups in total. The van der Waals surface area contributed by atoms with E-state index in [4.69, 9.17) is 5.73 Å². The van der Waals surface area contributed by atoms with Crippen LogP contribution in [0.1, 0.15) is 32.8 Å². The Kier molecular flexibility index (Phi) is 7.52. The van der Waals surface area contributed by atoms with Gasteiger partial charge in [0.1, 0.15) is 5.82 Å². The number of nitrogens with two attached hydrogens (primary N) is 1. The minimum Gasteiger partial charge on any atom is -0.384 e. The largest absolute Gasteiger partial charge is 0.417 e. The Bertz CT molecular complexity index is 1630. The molecule has 0 spiro atoms. The van der Waals surface area contributed by atoms with E-state index in [1.165, 1.54) is 36.5 Å². The van der Waals surface area contributed by atoms with Gasteiger partial charge < -0.3 is 16.0 Å². The number of aromatic nitrogens is 1. The first-order valence-corrected chi connectivity index (χ1v) is 13.3. The molecule has 1 aliphatic rings. The van der Waals surface area contributed by atoms with Crippen molar-refractivity contribution in [2.75, 3.05) is 18.8 Å². The van der Waals surface area contributed by atoms with Crippen molar-refractivity contribution in [1.29, 1.82) is 0 Å². The van der Waals surface area contributed by atoms with Crippen LogP contribution in [-0.2, 0) is 17.5 Å². The fourth-order valence-corrected chi connectivity index (χ4v) is 5.60. The van der Waals surface area contributed by atoms with Crippen LogP contribution in [0, 0.1) is 0 Å². The first kappa shape index (κ1) is 28.2. The number of benzene rings is 2. The number of anilines is 1. The van der Waals surface area contributed by atoms with Crippen LogP contribution in [0.3, 0.4) is 0 Å². The highest BCUT2D eigenvalue weighted by molar-refractivity contribution is 7.19. The summed E-state index contributed by atoms with van der Waals surface area (Å²) in [6, 6.07) is 13.4. The van der Waals surface area contributed by atoms with E-state index in [1.54, 1.807) is 30.3 Å². The Labute approximate surface area is 235 Å². The number of hydrogen-bond acceptors (Lipinski definition) is 5. The minimum absolute atomic E-state index is 0.0293. The summed E-state index contributed by atoms with van der Waals surface area (Å²) >= 11 is 0.939. The van der Waals surface area contributed by atoms with Gasteiger partial charge in [0.05, 0.1) is 18.7 Å². The number of rotatable bonds is 6. The molecular formula is C29H23F5N4O2S. The number of thiophene rings is 1. The molecule has 12 heteroatoms. The van der Waals surface area contributed by atoms with Crippen LogP contribution in [0.15, 0.2) is 66.9 Å². The summed E-state index contributed by atoms with van der Waals surface area (Å²) < 4.78 is 69.1. The van der Waals surface area contributed by atoms with E-state index in [0.717, 1.165) is 22.3 Å². The maximum Gasteiger partial charge on any atom is 0.417 e. The third kappa shape index (κ3) is 6.54.